The summed E-state index contributed by atoms with van der Waals surface area (Å²) in [6.07, 6.45) is 0. The monoisotopic (exact) mass is 253 g/mol. The van der Waals surface area contributed by atoms with Gasteiger partial charge in [-0.25, -0.2) is 10.4 Å². The van der Waals surface area contributed by atoms with Crippen LogP contribution in [0.2, 0.25) is 0 Å². The minimum atomic E-state index is 0.457. The van der Waals surface area contributed by atoms with Crippen molar-refractivity contribution >= 4 is 11.3 Å². The minimum Gasteiger partial charge on any atom is -0.304 e. The van der Waals surface area contributed by atoms with E-state index in [1.165, 1.54) is 4.88 Å². The third kappa shape index (κ3) is 3.52. The summed E-state index contributed by atoms with van der Waals surface area (Å²) in [4.78, 5) is 3.83. The first-order valence-electron chi connectivity index (χ1n) is 6.40. The van der Waals surface area contributed by atoms with Crippen LogP contribution in [0.15, 0.2) is 17.5 Å². The van der Waals surface area contributed by atoms with Crippen molar-refractivity contribution in [3.8, 4) is 0 Å². The molecule has 1 saturated heterocycles. The first-order valence-corrected chi connectivity index (χ1v) is 7.28. The number of nitrogens with one attached hydrogen (secondary N) is 1. The molecule has 0 aliphatic carbocycles. The lowest BCUT2D eigenvalue weighted by Gasteiger charge is -2.36. The Morgan fingerprint density at radius 1 is 1.24 bits per heavy atom. The van der Waals surface area contributed by atoms with Crippen LogP contribution < -0.4 is 5.43 Å². The summed E-state index contributed by atoms with van der Waals surface area (Å²) in [5.74, 6) is 0.619. The van der Waals surface area contributed by atoms with E-state index < -0.39 is 0 Å². The second-order valence-corrected chi connectivity index (χ2v) is 6.14. The number of hydrogen-bond donors (Lipinski definition) is 1. The highest BCUT2D eigenvalue weighted by Gasteiger charge is 2.21. The van der Waals surface area contributed by atoms with Crippen LogP contribution in [0.4, 0.5) is 0 Å². The third-order valence-electron chi connectivity index (χ3n) is 3.34. The molecule has 2 rings (SSSR count). The summed E-state index contributed by atoms with van der Waals surface area (Å²) < 4.78 is 0. The van der Waals surface area contributed by atoms with Crippen LogP contribution in [0.25, 0.3) is 0 Å². The Morgan fingerprint density at radius 3 is 2.47 bits per heavy atom. The summed E-state index contributed by atoms with van der Waals surface area (Å²) in [6.45, 7) is 9.11. The SMILES string of the molecule is CC(C)C(NN1CCN(C)CC1)c1cccs1. The van der Waals surface area contributed by atoms with E-state index in [0.29, 0.717) is 12.0 Å². The van der Waals surface area contributed by atoms with Crippen LogP contribution in [0.5, 0.6) is 0 Å². The lowest BCUT2D eigenvalue weighted by atomic mass is 10.0. The molecule has 0 bridgehead atoms. The molecule has 0 spiro atoms. The Labute approximate surface area is 108 Å². The van der Waals surface area contributed by atoms with Crippen molar-refractivity contribution in [2.24, 2.45) is 5.92 Å². The molecule has 4 heteroatoms. The molecule has 0 amide bonds. The van der Waals surface area contributed by atoms with E-state index in [9.17, 15) is 0 Å². The first-order chi connectivity index (χ1) is 8.16. The molecule has 0 saturated carbocycles. The van der Waals surface area contributed by atoms with Gasteiger partial charge in [0.15, 0.2) is 0 Å². The topological polar surface area (TPSA) is 18.5 Å². The number of hydrazine groups is 1. The highest BCUT2D eigenvalue weighted by atomic mass is 32.1. The van der Waals surface area contributed by atoms with E-state index in [-0.39, 0.29) is 0 Å². The average Bonchev–Trinajstić information content (AvgIpc) is 2.81. The standard InChI is InChI=1S/C13H23N3S/c1-11(2)13(12-5-4-10-17-12)14-16-8-6-15(3)7-9-16/h4-5,10-11,13-14H,6-9H2,1-3H3. The molecule has 1 aliphatic rings. The number of likely N-dealkylation sites (N-methyl/N-ethyl adjacent to an activating group) is 1. The normalized spacial score (nSPS) is 20.9. The molecule has 1 unspecified atom stereocenters. The molecule has 1 aliphatic heterocycles. The molecule has 1 N–H and O–H groups in total. The predicted octanol–water partition coefficient (Wildman–Crippen LogP) is 2.20. The van der Waals surface area contributed by atoms with Gasteiger partial charge in [0.05, 0.1) is 6.04 Å². The fraction of sp³-hybridized carbons (Fsp3) is 0.692. The van der Waals surface area contributed by atoms with E-state index in [1.54, 1.807) is 0 Å². The van der Waals surface area contributed by atoms with Gasteiger partial charge in [0, 0.05) is 31.1 Å². The van der Waals surface area contributed by atoms with E-state index in [1.807, 2.05) is 11.3 Å². The second-order valence-electron chi connectivity index (χ2n) is 5.16. The van der Waals surface area contributed by atoms with Gasteiger partial charge in [0.25, 0.3) is 0 Å². The Kier molecular flexibility index (Phi) is 4.56. The summed E-state index contributed by atoms with van der Waals surface area (Å²) in [5.41, 5.74) is 3.70. The number of thiophene rings is 1. The smallest absolute Gasteiger partial charge is 0.0580 e. The van der Waals surface area contributed by atoms with Crippen molar-refractivity contribution in [2.75, 3.05) is 33.2 Å². The van der Waals surface area contributed by atoms with Crippen LogP contribution in [0, 0.1) is 5.92 Å². The number of piperazine rings is 1. The first kappa shape index (κ1) is 13.0. The quantitative estimate of drug-likeness (QED) is 0.887. The summed E-state index contributed by atoms with van der Waals surface area (Å²) in [5, 5.41) is 4.54. The number of rotatable bonds is 4. The zero-order chi connectivity index (χ0) is 12.3. The van der Waals surface area contributed by atoms with Crippen LogP contribution in [0.1, 0.15) is 24.8 Å². The van der Waals surface area contributed by atoms with Gasteiger partial charge in [-0.2, -0.15) is 0 Å². The highest BCUT2D eigenvalue weighted by Crippen LogP contribution is 2.26. The molecule has 2 heterocycles. The van der Waals surface area contributed by atoms with Crippen molar-refractivity contribution in [1.82, 2.24) is 15.3 Å². The Morgan fingerprint density at radius 2 is 1.94 bits per heavy atom. The predicted molar refractivity (Wildman–Crippen MR) is 74.1 cm³/mol. The molecular formula is C13H23N3S. The maximum Gasteiger partial charge on any atom is 0.0580 e. The van der Waals surface area contributed by atoms with Crippen LogP contribution in [0.3, 0.4) is 0 Å². The second kappa shape index (κ2) is 5.96. The van der Waals surface area contributed by atoms with Crippen molar-refractivity contribution in [1.29, 1.82) is 0 Å². The largest absolute Gasteiger partial charge is 0.304 e. The molecule has 96 valence electrons. The Balaban J connectivity index is 1.94. The number of nitrogens with zero attached hydrogens (tertiary/aromatic N) is 2. The molecular weight excluding hydrogens is 230 g/mol. The van der Waals surface area contributed by atoms with Gasteiger partial charge in [-0.3, -0.25) is 0 Å². The minimum absolute atomic E-state index is 0.457. The van der Waals surface area contributed by atoms with Crippen molar-refractivity contribution in [2.45, 2.75) is 19.9 Å². The molecule has 1 atom stereocenters. The van der Waals surface area contributed by atoms with Gasteiger partial charge >= 0.3 is 0 Å². The van der Waals surface area contributed by atoms with Crippen molar-refractivity contribution in [3.05, 3.63) is 22.4 Å². The van der Waals surface area contributed by atoms with Gasteiger partial charge in [-0.05, 0) is 24.4 Å². The average molecular weight is 253 g/mol. The fourth-order valence-electron chi connectivity index (χ4n) is 2.14. The van der Waals surface area contributed by atoms with Gasteiger partial charge in [-0.1, -0.05) is 19.9 Å². The van der Waals surface area contributed by atoms with E-state index in [4.69, 9.17) is 0 Å². The molecule has 1 aromatic rings. The fourth-order valence-corrected chi connectivity index (χ4v) is 3.08. The Hall–Kier alpha value is -0.420. The van der Waals surface area contributed by atoms with Gasteiger partial charge in [0.1, 0.15) is 0 Å². The zero-order valence-electron chi connectivity index (χ0n) is 11.0. The van der Waals surface area contributed by atoms with E-state index >= 15 is 0 Å². The summed E-state index contributed by atoms with van der Waals surface area (Å²) >= 11 is 1.85. The summed E-state index contributed by atoms with van der Waals surface area (Å²) in [6, 6.07) is 4.83. The highest BCUT2D eigenvalue weighted by molar-refractivity contribution is 7.10. The van der Waals surface area contributed by atoms with E-state index in [2.05, 4.69) is 53.7 Å². The van der Waals surface area contributed by atoms with Gasteiger partial charge < -0.3 is 4.90 Å². The van der Waals surface area contributed by atoms with Crippen LogP contribution in [-0.2, 0) is 0 Å². The van der Waals surface area contributed by atoms with Crippen molar-refractivity contribution < 1.29 is 0 Å². The third-order valence-corrected chi connectivity index (χ3v) is 4.30. The molecule has 1 fully saturated rings. The number of hydrogen-bond acceptors (Lipinski definition) is 4. The zero-order valence-corrected chi connectivity index (χ0v) is 11.8. The van der Waals surface area contributed by atoms with E-state index in [0.717, 1.165) is 26.2 Å². The van der Waals surface area contributed by atoms with Gasteiger partial charge in [-0.15, -0.1) is 11.3 Å². The maximum absolute atomic E-state index is 3.70. The molecule has 3 nitrogen and oxygen atoms in total. The lowest BCUT2D eigenvalue weighted by Crippen LogP contribution is -2.52. The maximum atomic E-state index is 3.70. The molecule has 17 heavy (non-hydrogen) atoms. The summed E-state index contributed by atoms with van der Waals surface area (Å²) in [7, 11) is 2.19. The van der Waals surface area contributed by atoms with Crippen LogP contribution in [-0.4, -0.2) is 43.1 Å². The Bertz CT molecular complexity index is 315. The molecule has 0 radical (unpaired) electrons. The molecule has 1 aromatic heterocycles. The van der Waals surface area contributed by atoms with Crippen LogP contribution >= 0.6 is 11.3 Å². The van der Waals surface area contributed by atoms with Crippen molar-refractivity contribution in [3.63, 3.8) is 0 Å². The van der Waals surface area contributed by atoms with Gasteiger partial charge in [0.2, 0.25) is 0 Å². The lowest BCUT2D eigenvalue weighted by molar-refractivity contribution is 0.0774. The molecule has 0 aromatic carbocycles.